The first kappa shape index (κ1) is 16.3. The van der Waals surface area contributed by atoms with Gasteiger partial charge in [0.1, 0.15) is 0 Å². The van der Waals surface area contributed by atoms with Crippen LogP contribution in [0.5, 0.6) is 0 Å². The first-order valence-electron chi connectivity index (χ1n) is 8.43. The summed E-state index contributed by atoms with van der Waals surface area (Å²) in [6.07, 6.45) is -3.18. The molecule has 1 aliphatic carbocycles. The van der Waals surface area contributed by atoms with Gasteiger partial charge >= 0.3 is 6.18 Å². The zero-order chi connectivity index (χ0) is 17.6. The first-order chi connectivity index (χ1) is 11.9. The Labute approximate surface area is 143 Å². The van der Waals surface area contributed by atoms with Crippen LogP contribution in [0.1, 0.15) is 35.8 Å². The SMILES string of the molecule is OC(c1ccc(-c2nc(N3CCC3)nc3c2CCC3)cc1)C(F)(F)F. The van der Waals surface area contributed by atoms with Crippen molar-refractivity contribution in [1.82, 2.24) is 9.97 Å². The third kappa shape index (κ3) is 2.97. The molecule has 1 atom stereocenters. The summed E-state index contributed by atoms with van der Waals surface area (Å²) in [4.78, 5) is 11.5. The molecule has 0 amide bonds. The van der Waals surface area contributed by atoms with Crippen molar-refractivity contribution in [3.05, 3.63) is 41.1 Å². The Kier molecular flexibility index (Phi) is 3.91. The number of aliphatic hydroxyl groups is 1. The number of fused-ring (bicyclic) bond motifs is 1. The predicted molar refractivity (Wildman–Crippen MR) is 87.3 cm³/mol. The van der Waals surface area contributed by atoms with E-state index in [1.807, 2.05) is 0 Å². The largest absolute Gasteiger partial charge is 0.418 e. The topological polar surface area (TPSA) is 49.3 Å². The van der Waals surface area contributed by atoms with Crippen molar-refractivity contribution in [1.29, 1.82) is 0 Å². The Bertz CT molecular complexity index is 785. The lowest BCUT2D eigenvalue weighted by atomic mass is 10.0. The van der Waals surface area contributed by atoms with Gasteiger partial charge < -0.3 is 10.0 Å². The van der Waals surface area contributed by atoms with Crippen LogP contribution in [0.3, 0.4) is 0 Å². The number of anilines is 1. The molecule has 0 bridgehead atoms. The van der Waals surface area contributed by atoms with Gasteiger partial charge in [0.2, 0.25) is 5.95 Å². The van der Waals surface area contributed by atoms with Gasteiger partial charge in [0.15, 0.2) is 6.10 Å². The highest BCUT2D eigenvalue weighted by Crippen LogP contribution is 2.35. The number of halogens is 3. The fraction of sp³-hybridized carbons (Fsp3) is 0.444. The van der Waals surface area contributed by atoms with Gasteiger partial charge in [-0.1, -0.05) is 24.3 Å². The molecule has 4 rings (SSSR count). The number of aromatic nitrogens is 2. The van der Waals surface area contributed by atoms with Crippen molar-refractivity contribution < 1.29 is 18.3 Å². The maximum absolute atomic E-state index is 12.6. The van der Waals surface area contributed by atoms with Gasteiger partial charge in [-0.15, -0.1) is 0 Å². The lowest BCUT2D eigenvalue weighted by Gasteiger charge is -2.31. The summed E-state index contributed by atoms with van der Waals surface area (Å²) in [5.41, 5.74) is 3.54. The van der Waals surface area contributed by atoms with Gasteiger partial charge in [-0.3, -0.25) is 0 Å². The third-order valence-electron chi connectivity index (χ3n) is 4.87. The number of alkyl halides is 3. The average Bonchev–Trinajstić information content (AvgIpc) is 2.99. The maximum Gasteiger partial charge on any atom is 0.418 e. The number of hydrogen-bond donors (Lipinski definition) is 1. The fourth-order valence-electron chi connectivity index (χ4n) is 3.33. The molecule has 1 aliphatic heterocycles. The molecule has 4 nitrogen and oxygen atoms in total. The van der Waals surface area contributed by atoms with Gasteiger partial charge in [0.05, 0.1) is 5.69 Å². The van der Waals surface area contributed by atoms with E-state index < -0.39 is 12.3 Å². The van der Waals surface area contributed by atoms with Gasteiger partial charge in [-0.2, -0.15) is 13.2 Å². The molecule has 132 valence electrons. The smallest absolute Gasteiger partial charge is 0.379 e. The highest BCUT2D eigenvalue weighted by atomic mass is 19.4. The minimum absolute atomic E-state index is 0.162. The molecule has 2 heterocycles. The van der Waals surface area contributed by atoms with Crippen LogP contribution in [0.15, 0.2) is 24.3 Å². The third-order valence-corrected chi connectivity index (χ3v) is 4.87. The first-order valence-corrected chi connectivity index (χ1v) is 8.43. The molecule has 2 aliphatic rings. The van der Waals surface area contributed by atoms with Crippen LogP contribution in [0.25, 0.3) is 11.3 Å². The quantitative estimate of drug-likeness (QED) is 0.922. The van der Waals surface area contributed by atoms with E-state index in [2.05, 4.69) is 14.9 Å². The second kappa shape index (κ2) is 5.98. The summed E-state index contributed by atoms with van der Waals surface area (Å²) in [5.74, 6) is 0.710. The van der Waals surface area contributed by atoms with E-state index in [-0.39, 0.29) is 5.56 Å². The van der Waals surface area contributed by atoms with Crippen molar-refractivity contribution in [3.63, 3.8) is 0 Å². The molecule has 1 fully saturated rings. The summed E-state index contributed by atoms with van der Waals surface area (Å²) in [7, 11) is 0. The van der Waals surface area contributed by atoms with Gasteiger partial charge in [-0.05, 0) is 31.2 Å². The Morgan fingerprint density at radius 3 is 2.32 bits per heavy atom. The molecular formula is C18H18F3N3O. The molecule has 1 saturated heterocycles. The molecule has 1 aromatic heterocycles. The molecule has 25 heavy (non-hydrogen) atoms. The average molecular weight is 349 g/mol. The normalized spacial score (nSPS) is 18.0. The van der Waals surface area contributed by atoms with E-state index in [9.17, 15) is 18.3 Å². The Balaban J connectivity index is 1.71. The van der Waals surface area contributed by atoms with Crippen LogP contribution >= 0.6 is 0 Å². The zero-order valence-electron chi connectivity index (χ0n) is 13.6. The van der Waals surface area contributed by atoms with Crippen LogP contribution in [-0.2, 0) is 12.8 Å². The number of nitrogens with zero attached hydrogens (tertiary/aromatic N) is 3. The van der Waals surface area contributed by atoms with Crippen molar-refractivity contribution >= 4 is 5.95 Å². The van der Waals surface area contributed by atoms with Crippen molar-refractivity contribution in [3.8, 4) is 11.3 Å². The summed E-state index contributed by atoms with van der Waals surface area (Å²) >= 11 is 0. The minimum Gasteiger partial charge on any atom is -0.379 e. The van der Waals surface area contributed by atoms with Gasteiger partial charge in [0.25, 0.3) is 0 Å². The summed E-state index contributed by atoms with van der Waals surface area (Å²) in [6.45, 7) is 1.88. The number of hydrogen-bond acceptors (Lipinski definition) is 4. The summed E-state index contributed by atoms with van der Waals surface area (Å²) < 4.78 is 37.9. The van der Waals surface area contributed by atoms with E-state index in [0.717, 1.165) is 61.3 Å². The van der Waals surface area contributed by atoms with E-state index in [1.54, 1.807) is 12.1 Å². The van der Waals surface area contributed by atoms with Crippen molar-refractivity contribution in [2.24, 2.45) is 0 Å². The lowest BCUT2D eigenvalue weighted by molar-refractivity contribution is -0.206. The van der Waals surface area contributed by atoms with Crippen LogP contribution in [-0.4, -0.2) is 34.3 Å². The van der Waals surface area contributed by atoms with Crippen LogP contribution in [0, 0.1) is 0 Å². The predicted octanol–water partition coefficient (Wildman–Crippen LogP) is 3.44. The molecule has 0 spiro atoms. The number of aliphatic hydroxyl groups excluding tert-OH is 1. The van der Waals surface area contributed by atoms with Crippen molar-refractivity contribution in [2.45, 2.75) is 38.0 Å². The molecule has 1 unspecified atom stereocenters. The molecule has 0 saturated carbocycles. The van der Waals surface area contributed by atoms with Gasteiger partial charge in [-0.25, -0.2) is 9.97 Å². The maximum atomic E-state index is 12.6. The Hall–Kier alpha value is -2.15. The summed E-state index contributed by atoms with van der Waals surface area (Å²) in [6, 6.07) is 5.84. The Morgan fingerprint density at radius 2 is 1.72 bits per heavy atom. The van der Waals surface area contributed by atoms with E-state index >= 15 is 0 Å². The van der Waals surface area contributed by atoms with Crippen molar-refractivity contribution in [2.75, 3.05) is 18.0 Å². The second-order valence-corrected chi connectivity index (χ2v) is 6.56. The fourth-order valence-corrected chi connectivity index (χ4v) is 3.33. The summed E-state index contributed by atoms with van der Waals surface area (Å²) in [5, 5.41) is 9.37. The highest BCUT2D eigenvalue weighted by molar-refractivity contribution is 5.67. The van der Waals surface area contributed by atoms with E-state index in [0.29, 0.717) is 5.95 Å². The zero-order valence-corrected chi connectivity index (χ0v) is 13.6. The van der Waals surface area contributed by atoms with E-state index in [1.165, 1.54) is 12.1 Å². The molecule has 7 heteroatoms. The van der Waals surface area contributed by atoms with Crippen LogP contribution in [0.4, 0.5) is 19.1 Å². The number of aryl methyl sites for hydroxylation is 1. The molecule has 1 N–H and O–H groups in total. The van der Waals surface area contributed by atoms with Crippen LogP contribution < -0.4 is 4.90 Å². The van der Waals surface area contributed by atoms with E-state index in [4.69, 9.17) is 0 Å². The second-order valence-electron chi connectivity index (χ2n) is 6.56. The minimum atomic E-state index is -4.66. The monoisotopic (exact) mass is 349 g/mol. The highest BCUT2D eigenvalue weighted by Gasteiger charge is 2.39. The number of rotatable bonds is 3. The molecule has 2 aromatic rings. The molecular weight excluding hydrogens is 331 g/mol. The van der Waals surface area contributed by atoms with Gasteiger partial charge in [0, 0.05) is 29.9 Å². The standard InChI is InChI=1S/C18H18F3N3O/c19-18(20,21)16(25)12-7-5-11(6-8-12)15-13-3-1-4-14(13)22-17(23-15)24-9-2-10-24/h5-8,16,25H,1-4,9-10H2. The lowest BCUT2D eigenvalue weighted by Crippen LogP contribution is -2.38. The Morgan fingerprint density at radius 1 is 1.00 bits per heavy atom. The molecule has 0 radical (unpaired) electrons. The number of benzene rings is 1. The molecule has 1 aromatic carbocycles. The van der Waals surface area contributed by atoms with Crippen LogP contribution in [0.2, 0.25) is 0 Å².